The van der Waals surface area contributed by atoms with Gasteiger partial charge in [0.25, 0.3) is 5.91 Å². The predicted molar refractivity (Wildman–Crippen MR) is 105 cm³/mol. The van der Waals surface area contributed by atoms with Crippen molar-refractivity contribution < 1.29 is 23.5 Å². The van der Waals surface area contributed by atoms with E-state index in [1.165, 1.54) is 35.4 Å². The Morgan fingerprint density at radius 1 is 1.24 bits per heavy atom. The molecule has 29 heavy (non-hydrogen) atoms. The number of nitrogens with zero attached hydrogens (tertiary/aromatic N) is 1. The van der Waals surface area contributed by atoms with Gasteiger partial charge in [-0.1, -0.05) is 0 Å². The van der Waals surface area contributed by atoms with Crippen molar-refractivity contribution in [1.29, 1.82) is 0 Å². The molecule has 1 fully saturated rings. The summed E-state index contributed by atoms with van der Waals surface area (Å²) in [5.74, 6) is -1.32. The minimum atomic E-state index is -0.984. The smallest absolute Gasteiger partial charge is 0.407 e. The van der Waals surface area contributed by atoms with Crippen LogP contribution in [0, 0.1) is 11.6 Å². The SMILES string of the molecule is O=C1Nc2cc(F)ccc2C1=CNc1ccc(NC2CCN(C(=O)O)C2)c(F)c1. The molecule has 0 saturated carbocycles. The fourth-order valence-electron chi connectivity index (χ4n) is 3.46. The molecule has 0 spiro atoms. The Morgan fingerprint density at radius 2 is 2.07 bits per heavy atom. The molecule has 9 heteroatoms. The molecule has 150 valence electrons. The Bertz CT molecular complexity index is 1020. The lowest BCUT2D eigenvalue weighted by atomic mass is 10.1. The minimum Gasteiger partial charge on any atom is -0.465 e. The van der Waals surface area contributed by atoms with Gasteiger partial charge in [-0.25, -0.2) is 13.6 Å². The molecule has 0 aliphatic carbocycles. The Kier molecular flexibility index (Phi) is 4.79. The number of hydrogen-bond acceptors (Lipinski definition) is 4. The number of anilines is 3. The Labute approximate surface area is 165 Å². The van der Waals surface area contributed by atoms with Crippen molar-refractivity contribution in [2.45, 2.75) is 12.5 Å². The third-order valence-corrected chi connectivity index (χ3v) is 4.94. The molecule has 1 atom stereocenters. The molecule has 1 unspecified atom stereocenters. The van der Waals surface area contributed by atoms with Crippen LogP contribution >= 0.6 is 0 Å². The van der Waals surface area contributed by atoms with E-state index in [4.69, 9.17) is 5.11 Å². The summed E-state index contributed by atoms with van der Waals surface area (Å²) in [4.78, 5) is 24.3. The molecule has 0 bridgehead atoms. The number of benzene rings is 2. The zero-order valence-electron chi connectivity index (χ0n) is 15.2. The highest BCUT2D eigenvalue weighted by Crippen LogP contribution is 2.32. The summed E-state index contributed by atoms with van der Waals surface area (Å²) in [6.07, 6.45) is 1.07. The maximum Gasteiger partial charge on any atom is 0.407 e. The molecule has 7 nitrogen and oxygen atoms in total. The van der Waals surface area contributed by atoms with Crippen LogP contribution in [0.25, 0.3) is 5.57 Å². The van der Waals surface area contributed by atoms with Crippen molar-refractivity contribution in [3.63, 3.8) is 0 Å². The van der Waals surface area contributed by atoms with Crippen molar-refractivity contribution in [1.82, 2.24) is 4.90 Å². The summed E-state index contributed by atoms with van der Waals surface area (Å²) in [7, 11) is 0. The van der Waals surface area contributed by atoms with Crippen LogP contribution in [-0.4, -0.2) is 41.1 Å². The molecule has 0 radical (unpaired) electrons. The maximum atomic E-state index is 14.4. The molecule has 0 aromatic heterocycles. The van der Waals surface area contributed by atoms with Gasteiger partial charge < -0.3 is 26.0 Å². The van der Waals surface area contributed by atoms with Gasteiger partial charge in [-0.2, -0.15) is 0 Å². The van der Waals surface area contributed by atoms with E-state index in [1.807, 2.05) is 0 Å². The first kappa shape index (κ1) is 18.7. The molecule has 2 aromatic carbocycles. The van der Waals surface area contributed by atoms with Crippen LogP contribution in [0.3, 0.4) is 0 Å². The van der Waals surface area contributed by atoms with Gasteiger partial charge >= 0.3 is 6.09 Å². The van der Waals surface area contributed by atoms with Crippen LogP contribution in [0.2, 0.25) is 0 Å². The summed E-state index contributed by atoms with van der Waals surface area (Å²) in [6, 6.07) is 8.33. The third kappa shape index (κ3) is 3.84. The molecule has 1 saturated heterocycles. The average Bonchev–Trinajstić information content (AvgIpc) is 3.26. The fourth-order valence-corrected chi connectivity index (χ4v) is 3.46. The van der Waals surface area contributed by atoms with Gasteiger partial charge in [-0.05, 0) is 42.8 Å². The van der Waals surface area contributed by atoms with Crippen molar-refractivity contribution in [2.24, 2.45) is 0 Å². The first-order valence-corrected chi connectivity index (χ1v) is 9.02. The summed E-state index contributed by atoms with van der Waals surface area (Å²) < 4.78 is 27.7. The number of carbonyl (C=O) groups is 2. The molecule has 2 aliphatic rings. The van der Waals surface area contributed by atoms with E-state index < -0.39 is 17.7 Å². The van der Waals surface area contributed by atoms with E-state index in [0.717, 1.165) is 0 Å². The van der Waals surface area contributed by atoms with Crippen LogP contribution in [0.4, 0.5) is 30.6 Å². The van der Waals surface area contributed by atoms with E-state index in [9.17, 15) is 18.4 Å². The van der Waals surface area contributed by atoms with E-state index in [0.29, 0.717) is 42.0 Å². The van der Waals surface area contributed by atoms with Crippen LogP contribution in [-0.2, 0) is 4.79 Å². The van der Waals surface area contributed by atoms with Gasteiger partial charge in [-0.3, -0.25) is 4.79 Å². The van der Waals surface area contributed by atoms with E-state index in [-0.39, 0.29) is 17.6 Å². The second-order valence-electron chi connectivity index (χ2n) is 6.90. The Balaban J connectivity index is 1.45. The standard InChI is InChI=1S/C20H18F2N4O3/c21-11-1-3-14-15(19(27)25-18(14)7-11)9-23-12-2-4-17(16(22)8-12)24-13-5-6-26(10-13)20(28)29/h1-4,7-9,13,23-24H,5-6,10H2,(H,25,27)(H,28,29). The van der Waals surface area contributed by atoms with Crippen LogP contribution in [0.1, 0.15) is 12.0 Å². The van der Waals surface area contributed by atoms with Crippen molar-refractivity contribution >= 4 is 34.6 Å². The number of amides is 2. The number of hydrogen-bond donors (Lipinski definition) is 4. The fraction of sp³-hybridized carbons (Fsp3) is 0.200. The van der Waals surface area contributed by atoms with Gasteiger partial charge in [-0.15, -0.1) is 0 Å². The summed E-state index contributed by atoms with van der Waals surface area (Å²) in [5, 5.41) is 17.5. The summed E-state index contributed by atoms with van der Waals surface area (Å²) >= 11 is 0. The van der Waals surface area contributed by atoms with Crippen molar-refractivity contribution in [2.75, 3.05) is 29.0 Å². The lowest BCUT2D eigenvalue weighted by Gasteiger charge is -2.16. The summed E-state index contributed by atoms with van der Waals surface area (Å²) in [5.41, 5.74) is 1.98. The average molecular weight is 400 g/mol. The molecule has 4 rings (SSSR count). The summed E-state index contributed by atoms with van der Waals surface area (Å²) in [6.45, 7) is 0.714. The normalized spacial score (nSPS) is 19.2. The number of fused-ring (bicyclic) bond motifs is 1. The largest absolute Gasteiger partial charge is 0.465 e. The number of carbonyl (C=O) groups excluding carboxylic acids is 1. The molecule has 2 amide bonds. The number of nitrogens with one attached hydrogen (secondary N) is 3. The van der Waals surface area contributed by atoms with Gasteiger partial charge in [0.1, 0.15) is 11.6 Å². The lowest BCUT2D eigenvalue weighted by molar-refractivity contribution is -0.110. The Hall–Kier alpha value is -3.62. The number of likely N-dealkylation sites (tertiary alicyclic amines) is 1. The third-order valence-electron chi connectivity index (χ3n) is 4.94. The van der Waals surface area contributed by atoms with E-state index >= 15 is 0 Å². The van der Waals surface area contributed by atoms with Crippen molar-refractivity contribution in [3.05, 3.63) is 59.8 Å². The molecule has 2 aliphatic heterocycles. The van der Waals surface area contributed by atoms with E-state index in [1.54, 1.807) is 12.1 Å². The monoisotopic (exact) mass is 400 g/mol. The van der Waals surface area contributed by atoms with Crippen LogP contribution in [0.15, 0.2) is 42.6 Å². The second-order valence-corrected chi connectivity index (χ2v) is 6.90. The lowest BCUT2D eigenvalue weighted by Crippen LogP contribution is -2.30. The molecule has 4 N–H and O–H groups in total. The molecule has 2 heterocycles. The predicted octanol–water partition coefficient (Wildman–Crippen LogP) is 3.53. The first-order valence-electron chi connectivity index (χ1n) is 9.02. The highest BCUT2D eigenvalue weighted by Gasteiger charge is 2.26. The number of halogens is 2. The van der Waals surface area contributed by atoms with Crippen LogP contribution < -0.4 is 16.0 Å². The highest BCUT2D eigenvalue weighted by atomic mass is 19.1. The molecular formula is C20H18F2N4O3. The topological polar surface area (TPSA) is 93.7 Å². The zero-order chi connectivity index (χ0) is 20.5. The molecule has 2 aromatic rings. The number of carboxylic acid groups (broad SMARTS) is 1. The van der Waals surface area contributed by atoms with Gasteiger partial charge in [0, 0.05) is 36.6 Å². The quantitative estimate of drug-likeness (QED) is 0.589. The van der Waals surface area contributed by atoms with Gasteiger partial charge in [0.2, 0.25) is 0 Å². The Morgan fingerprint density at radius 3 is 2.79 bits per heavy atom. The van der Waals surface area contributed by atoms with E-state index in [2.05, 4.69) is 16.0 Å². The maximum absolute atomic E-state index is 14.4. The highest BCUT2D eigenvalue weighted by molar-refractivity contribution is 6.31. The molecular weight excluding hydrogens is 382 g/mol. The number of rotatable bonds is 4. The van der Waals surface area contributed by atoms with Crippen molar-refractivity contribution in [3.8, 4) is 0 Å². The van der Waals surface area contributed by atoms with Gasteiger partial charge in [0.15, 0.2) is 0 Å². The first-order chi connectivity index (χ1) is 13.9. The minimum absolute atomic E-state index is 0.152. The second kappa shape index (κ2) is 7.42. The van der Waals surface area contributed by atoms with Gasteiger partial charge in [0.05, 0.1) is 16.9 Å². The zero-order valence-corrected chi connectivity index (χ0v) is 15.2. The van der Waals surface area contributed by atoms with Crippen LogP contribution in [0.5, 0.6) is 0 Å².